The molecule has 0 aromatic heterocycles. The zero-order valence-corrected chi connectivity index (χ0v) is 7.78. The lowest BCUT2D eigenvalue weighted by Gasteiger charge is -2.19. The number of hydrogen-bond acceptors (Lipinski definition) is 1. The molecule has 62 valence electrons. The van der Waals surface area contributed by atoms with E-state index in [9.17, 15) is 0 Å². The Morgan fingerprint density at radius 3 is 2.10 bits per heavy atom. The van der Waals surface area contributed by atoms with Crippen LogP contribution in [0.1, 0.15) is 40.5 Å². The Morgan fingerprint density at radius 2 is 1.80 bits per heavy atom. The molecule has 0 radical (unpaired) electrons. The lowest BCUT2D eigenvalue weighted by atomic mass is 10.0. The van der Waals surface area contributed by atoms with Crippen LogP contribution in [0, 0.1) is 5.92 Å². The van der Waals surface area contributed by atoms with Crippen LogP contribution in [0.5, 0.6) is 0 Å². The van der Waals surface area contributed by atoms with Gasteiger partial charge < -0.3 is 5.32 Å². The highest BCUT2D eigenvalue weighted by Crippen LogP contribution is 2.04. The van der Waals surface area contributed by atoms with E-state index in [1.54, 1.807) is 0 Å². The van der Waals surface area contributed by atoms with Crippen molar-refractivity contribution in [2.75, 3.05) is 6.54 Å². The normalized spacial score (nSPS) is 14.1. The van der Waals surface area contributed by atoms with Gasteiger partial charge in [-0.3, -0.25) is 0 Å². The van der Waals surface area contributed by atoms with Crippen molar-refractivity contribution < 1.29 is 0 Å². The van der Waals surface area contributed by atoms with Crippen LogP contribution in [-0.2, 0) is 0 Å². The molecule has 0 spiro atoms. The molecule has 0 rings (SSSR count). The van der Waals surface area contributed by atoms with Gasteiger partial charge in [0.05, 0.1) is 0 Å². The van der Waals surface area contributed by atoms with Gasteiger partial charge in [-0.15, -0.1) is 0 Å². The molecule has 0 saturated carbocycles. The highest BCUT2D eigenvalue weighted by Gasteiger charge is 2.07. The van der Waals surface area contributed by atoms with Crippen molar-refractivity contribution in [1.29, 1.82) is 0 Å². The fourth-order valence-corrected chi connectivity index (χ4v) is 1.18. The minimum absolute atomic E-state index is 0.722. The molecule has 0 aliphatic rings. The molecule has 0 aromatic carbocycles. The van der Waals surface area contributed by atoms with Crippen molar-refractivity contribution in [3.05, 3.63) is 0 Å². The molecule has 0 aromatic rings. The maximum Gasteiger partial charge on any atom is 0.00874 e. The molecular formula is C9H21N. The van der Waals surface area contributed by atoms with Gasteiger partial charge in [-0.1, -0.05) is 27.7 Å². The predicted octanol–water partition coefficient (Wildman–Crippen LogP) is 2.42. The first kappa shape index (κ1) is 9.96. The standard InChI is InChI=1S/C9H21N/c1-5-7-10-9(6-2)8(3)4/h8-10H,5-7H2,1-4H3. The summed E-state index contributed by atoms with van der Waals surface area (Å²) in [5.41, 5.74) is 0. The first-order chi connectivity index (χ1) is 4.72. The maximum absolute atomic E-state index is 3.52. The fraction of sp³-hybridized carbons (Fsp3) is 1.00. The summed E-state index contributed by atoms with van der Waals surface area (Å²) < 4.78 is 0. The SMILES string of the molecule is CCCNC(CC)C(C)C. The molecule has 0 fully saturated rings. The van der Waals surface area contributed by atoms with E-state index < -0.39 is 0 Å². The van der Waals surface area contributed by atoms with Crippen LogP contribution in [0.25, 0.3) is 0 Å². The van der Waals surface area contributed by atoms with E-state index in [0.717, 1.165) is 18.5 Å². The van der Waals surface area contributed by atoms with E-state index in [1.807, 2.05) is 0 Å². The van der Waals surface area contributed by atoms with Gasteiger partial charge in [-0.05, 0) is 25.3 Å². The second-order valence-corrected chi connectivity index (χ2v) is 3.21. The summed E-state index contributed by atoms with van der Waals surface area (Å²) in [5, 5.41) is 3.52. The van der Waals surface area contributed by atoms with Gasteiger partial charge in [-0.2, -0.15) is 0 Å². The summed E-state index contributed by atoms with van der Waals surface area (Å²) in [4.78, 5) is 0. The van der Waals surface area contributed by atoms with E-state index in [0.29, 0.717) is 0 Å². The monoisotopic (exact) mass is 143 g/mol. The van der Waals surface area contributed by atoms with Crippen molar-refractivity contribution in [3.8, 4) is 0 Å². The summed E-state index contributed by atoms with van der Waals surface area (Å²) in [6, 6.07) is 0.722. The Kier molecular flexibility index (Phi) is 5.70. The van der Waals surface area contributed by atoms with E-state index in [1.165, 1.54) is 12.8 Å². The molecule has 0 amide bonds. The smallest absolute Gasteiger partial charge is 0.00874 e. The Morgan fingerprint density at radius 1 is 1.20 bits per heavy atom. The Labute approximate surface area is 65.2 Å². The van der Waals surface area contributed by atoms with Crippen molar-refractivity contribution >= 4 is 0 Å². The molecule has 0 aliphatic carbocycles. The van der Waals surface area contributed by atoms with E-state index in [4.69, 9.17) is 0 Å². The van der Waals surface area contributed by atoms with Crippen LogP contribution in [-0.4, -0.2) is 12.6 Å². The van der Waals surface area contributed by atoms with Gasteiger partial charge in [0.25, 0.3) is 0 Å². The maximum atomic E-state index is 3.52. The molecular weight excluding hydrogens is 122 g/mol. The molecule has 0 saturated heterocycles. The number of hydrogen-bond donors (Lipinski definition) is 1. The predicted molar refractivity (Wildman–Crippen MR) is 47.2 cm³/mol. The van der Waals surface area contributed by atoms with Crippen LogP contribution < -0.4 is 5.32 Å². The van der Waals surface area contributed by atoms with Crippen LogP contribution in [0.15, 0.2) is 0 Å². The fourth-order valence-electron chi connectivity index (χ4n) is 1.18. The highest BCUT2D eigenvalue weighted by molar-refractivity contribution is 4.67. The van der Waals surface area contributed by atoms with E-state index >= 15 is 0 Å². The summed E-state index contributed by atoms with van der Waals surface area (Å²) in [6.45, 7) is 10.2. The summed E-state index contributed by atoms with van der Waals surface area (Å²) >= 11 is 0. The van der Waals surface area contributed by atoms with Crippen LogP contribution in [0.2, 0.25) is 0 Å². The number of nitrogens with one attached hydrogen (secondary N) is 1. The van der Waals surface area contributed by atoms with Crippen LogP contribution in [0.3, 0.4) is 0 Å². The topological polar surface area (TPSA) is 12.0 Å². The van der Waals surface area contributed by atoms with Crippen molar-refractivity contribution in [2.45, 2.75) is 46.6 Å². The first-order valence-electron chi connectivity index (χ1n) is 4.45. The van der Waals surface area contributed by atoms with Crippen molar-refractivity contribution in [2.24, 2.45) is 5.92 Å². The quantitative estimate of drug-likeness (QED) is 0.623. The molecule has 1 heteroatoms. The summed E-state index contributed by atoms with van der Waals surface area (Å²) in [7, 11) is 0. The average molecular weight is 143 g/mol. The van der Waals surface area contributed by atoms with Gasteiger partial charge in [0, 0.05) is 6.04 Å². The van der Waals surface area contributed by atoms with Crippen molar-refractivity contribution in [3.63, 3.8) is 0 Å². The van der Waals surface area contributed by atoms with Gasteiger partial charge in [0.1, 0.15) is 0 Å². The summed E-state index contributed by atoms with van der Waals surface area (Å²) in [6.07, 6.45) is 2.49. The average Bonchev–Trinajstić information content (AvgIpc) is 1.89. The third-order valence-corrected chi connectivity index (χ3v) is 1.90. The Bertz CT molecular complexity index is 69.1. The highest BCUT2D eigenvalue weighted by atomic mass is 14.9. The van der Waals surface area contributed by atoms with Gasteiger partial charge in [0.2, 0.25) is 0 Å². The molecule has 0 aliphatic heterocycles. The molecule has 1 unspecified atom stereocenters. The van der Waals surface area contributed by atoms with E-state index in [2.05, 4.69) is 33.0 Å². The van der Waals surface area contributed by atoms with Crippen LogP contribution >= 0.6 is 0 Å². The second-order valence-electron chi connectivity index (χ2n) is 3.21. The second kappa shape index (κ2) is 5.72. The van der Waals surface area contributed by atoms with Gasteiger partial charge >= 0.3 is 0 Å². The Hall–Kier alpha value is -0.0400. The zero-order valence-electron chi connectivity index (χ0n) is 7.78. The van der Waals surface area contributed by atoms with Gasteiger partial charge in [-0.25, -0.2) is 0 Å². The number of rotatable bonds is 5. The van der Waals surface area contributed by atoms with Crippen LogP contribution in [0.4, 0.5) is 0 Å². The lowest BCUT2D eigenvalue weighted by molar-refractivity contribution is 0.390. The largest absolute Gasteiger partial charge is 0.314 e. The summed E-state index contributed by atoms with van der Waals surface area (Å²) in [5.74, 6) is 0.775. The third kappa shape index (κ3) is 3.89. The van der Waals surface area contributed by atoms with Gasteiger partial charge in [0.15, 0.2) is 0 Å². The molecule has 10 heavy (non-hydrogen) atoms. The first-order valence-corrected chi connectivity index (χ1v) is 4.45. The van der Waals surface area contributed by atoms with E-state index in [-0.39, 0.29) is 0 Å². The zero-order chi connectivity index (χ0) is 7.98. The lowest BCUT2D eigenvalue weighted by Crippen LogP contribution is -2.33. The minimum atomic E-state index is 0.722. The minimum Gasteiger partial charge on any atom is -0.314 e. The molecule has 1 atom stereocenters. The third-order valence-electron chi connectivity index (χ3n) is 1.90. The molecule has 0 heterocycles. The van der Waals surface area contributed by atoms with Crippen molar-refractivity contribution in [1.82, 2.24) is 5.32 Å². The Balaban J connectivity index is 3.40. The molecule has 0 bridgehead atoms. The molecule has 1 N–H and O–H groups in total. The molecule has 1 nitrogen and oxygen atoms in total.